The Bertz CT molecular complexity index is 556. The van der Waals surface area contributed by atoms with Gasteiger partial charge in [-0.25, -0.2) is 0 Å². The van der Waals surface area contributed by atoms with Crippen LogP contribution in [0.2, 0.25) is 0 Å². The molecule has 16 heavy (non-hydrogen) atoms. The number of terminal acetylenes is 1. The van der Waals surface area contributed by atoms with Crippen molar-refractivity contribution in [1.29, 1.82) is 0 Å². The highest BCUT2D eigenvalue weighted by atomic mass is 15.1. The minimum Gasteiger partial charge on any atom is -0.373 e. The van der Waals surface area contributed by atoms with Crippen LogP contribution >= 0.6 is 0 Å². The molecule has 3 nitrogen and oxygen atoms in total. The quantitative estimate of drug-likeness (QED) is 0.418. The van der Waals surface area contributed by atoms with Crippen LogP contribution in [-0.4, -0.2) is 28.8 Å². The van der Waals surface area contributed by atoms with Gasteiger partial charge in [0.1, 0.15) is 12.3 Å². The van der Waals surface area contributed by atoms with E-state index < -0.39 is 0 Å². The minimum absolute atomic E-state index is 0.408. The molecule has 0 saturated heterocycles. The third kappa shape index (κ3) is 1.22. The lowest BCUT2D eigenvalue weighted by atomic mass is 10.0. The molecule has 0 bridgehead atoms. The molecule has 0 aromatic carbocycles. The van der Waals surface area contributed by atoms with Crippen molar-refractivity contribution in [3.05, 3.63) is 48.0 Å². The fourth-order valence-electron chi connectivity index (χ4n) is 1.94. The Morgan fingerprint density at radius 3 is 2.38 bits per heavy atom. The third-order valence-corrected chi connectivity index (χ3v) is 2.62. The summed E-state index contributed by atoms with van der Waals surface area (Å²) >= 11 is 0. The van der Waals surface area contributed by atoms with Gasteiger partial charge in [0.15, 0.2) is 0 Å². The first-order chi connectivity index (χ1) is 7.90. The molecular formula is C12H9BN3. The van der Waals surface area contributed by atoms with Crippen molar-refractivity contribution in [2.45, 2.75) is 0 Å². The molecule has 0 amide bonds. The number of aliphatic imine (C=N–C) groups is 1. The summed E-state index contributed by atoms with van der Waals surface area (Å²) < 4.78 is 4.09. The Kier molecular flexibility index (Phi) is 1.97. The van der Waals surface area contributed by atoms with E-state index in [0.29, 0.717) is 6.54 Å². The van der Waals surface area contributed by atoms with Crippen LogP contribution < -0.4 is 0 Å². The first kappa shape index (κ1) is 9.11. The number of hydrogen-bond acceptors (Lipinski definition) is 1. The largest absolute Gasteiger partial charge is 0.400 e. The van der Waals surface area contributed by atoms with Crippen LogP contribution in [0.25, 0.3) is 0 Å². The standard InChI is InChI=1S/C12H9BN3/c1-2-7-14-12-10-5-3-8-15(10)13-16-9-4-6-11(12)16/h1,3-6,8-9H,7H2. The Morgan fingerprint density at radius 1 is 1.19 bits per heavy atom. The first-order valence-corrected chi connectivity index (χ1v) is 5.07. The number of nitrogens with zero attached hydrogens (tertiary/aromatic N) is 3. The van der Waals surface area contributed by atoms with Gasteiger partial charge in [-0.1, -0.05) is 5.92 Å². The highest BCUT2D eigenvalue weighted by Crippen LogP contribution is 2.16. The Balaban J connectivity index is 2.18. The summed E-state index contributed by atoms with van der Waals surface area (Å²) in [6.45, 7) is 0.408. The van der Waals surface area contributed by atoms with Crippen LogP contribution in [0.3, 0.4) is 0 Å². The van der Waals surface area contributed by atoms with Gasteiger partial charge < -0.3 is 8.96 Å². The summed E-state index contributed by atoms with van der Waals surface area (Å²) in [5, 5.41) is 0. The average molecular weight is 206 g/mol. The zero-order valence-electron chi connectivity index (χ0n) is 8.67. The number of hydrogen-bond donors (Lipinski definition) is 0. The van der Waals surface area contributed by atoms with Gasteiger partial charge in [0, 0.05) is 0 Å². The second kappa shape index (κ2) is 3.46. The predicted molar refractivity (Wildman–Crippen MR) is 64.8 cm³/mol. The molecular weight excluding hydrogens is 197 g/mol. The molecule has 3 heterocycles. The lowest BCUT2D eigenvalue weighted by Crippen LogP contribution is -2.29. The van der Waals surface area contributed by atoms with Gasteiger partial charge in [0.25, 0.3) is 0 Å². The van der Waals surface area contributed by atoms with Crippen LogP contribution in [0, 0.1) is 12.3 Å². The minimum atomic E-state index is 0.408. The lowest BCUT2D eigenvalue weighted by molar-refractivity contribution is 1.05. The second-order valence-electron chi connectivity index (χ2n) is 3.59. The molecule has 2 aromatic rings. The molecule has 3 rings (SSSR count). The molecule has 0 fully saturated rings. The zero-order chi connectivity index (χ0) is 11.0. The van der Waals surface area contributed by atoms with Gasteiger partial charge in [-0.2, -0.15) is 0 Å². The highest BCUT2D eigenvalue weighted by Gasteiger charge is 2.21. The molecule has 0 saturated carbocycles. The fourth-order valence-corrected chi connectivity index (χ4v) is 1.94. The molecule has 0 N–H and O–H groups in total. The first-order valence-electron chi connectivity index (χ1n) is 5.07. The smallest absolute Gasteiger partial charge is 0.373 e. The van der Waals surface area contributed by atoms with Gasteiger partial charge >= 0.3 is 7.55 Å². The summed E-state index contributed by atoms with van der Waals surface area (Å²) in [6.07, 6.45) is 9.27. The van der Waals surface area contributed by atoms with Crippen LogP contribution in [0.4, 0.5) is 0 Å². The van der Waals surface area contributed by atoms with E-state index in [0.717, 1.165) is 17.1 Å². The van der Waals surface area contributed by atoms with Crippen LogP contribution in [0.5, 0.6) is 0 Å². The average Bonchev–Trinajstić information content (AvgIpc) is 2.91. The van der Waals surface area contributed by atoms with Gasteiger partial charge in [-0.15, -0.1) is 6.42 Å². The van der Waals surface area contributed by atoms with Crippen molar-refractivity contribution in [2.24, 2.45) is 4.99 Å². The lowest BCUT2D eigenvalue weighted by Gasteiger charge is -2.19. The monoisotopic (exact) mass is 206 g/mol. The van der Waals surface area contributed by atoms with Crippen molar-refractivity contribution < 1.29 is 0 Å². The fraction of sp³-hybridized carbons (Fsp3) is 0.0833. The molecule has 75 valence electrons. The molecule has 1 aliphatic heterocycles. The van der Waals surface area contributed by atoms with E-state index in [9.17, 15) is 0 Å². The topological polar surface area (TPSA) is 22.2 Å². The maximum absolute atomic E-state index is 5.26. The predicted octanol–water partition coefficient (Wildman–Crippen LogP) is 1.00. The Labute approximate surface area is 94.7 Å². The van der Waals surface area contributed by atoms with Crippen molar-refractivity contribution in [1.82, 2.24) is 8.96 Å². The summed E-state index contributed by atoms with van der Waals surface area (Å²) in [4.78, 5) is 4.45. The van der Waals surface area contributed by atoms with E-state index in [4.69, 9.17) is 6.42 Å². The normalized spacial score (nSPS) is 12.3. The molecule has 4 heteroatoms. The van der Waals surface area contributed by atoms with E-state index in [-0.39, 0.29) is 0 Å². The van der Waals surface area contributed by atoms with Crippen LogP contribution in [0.15, 0.2) is 41.7 Å². The van der Waals surface area contributed by atoms with Gasteiger partial charge in [-0.3, -0.25) is 4.99 Å². The summed E-state index contributed by atoms with van der Waals surface area (Å²) in [7, 11) is 2.03. The van der Waals surface area contributed by atoms with Crippen molar-refractivity contribution in [2.75, 3.05) is 6.54 Å². The van der Waals surface area contributed by atoms with Crippen molar-refractivity contribution in [3.63, 3.8) is 0 Å². The van der Waals surface area contributed by atoms with E-state index in [2.05, 4.69) is 10.9 Å². The molecule has 0 aliphatic carbocycles. The van der Waals surface area contributed by atoms with Crippen LogP contribution in [-0.2, 0) is 0 Å². The number of aromatic nitrogens is 2. The SMILES string of the molecule is C#CCN=C1c2cccn2[B]n2cccc21. The van der Waals surface area contributed by atoms with Gasteiger partial charge in [0.2, 0.25) is 0 Å². The van der Waals surface area contributed by atoms with Gasteiger partial charge in [-0.05, 0) is 36.7 Å². The van der Waals surface area contributed by atoms with Gasteiger partial charge in [0.05, 0.1) is 11.4 Å². The highest BCUT2D eigenvalue weighted by molar-refractivity contribution is 6.38. The summed E-state index contributed by atoms with van der Waals surface area (Å²) in [5.74, 6) is 2.54. The van der Waals surface area contributed by atoms with E-state index >= 15 is 0 Å². The zero-order valence-corrected chi connectivity index (χ0v) is 8.67. The van der Waals surface area contributed by atoms with Crippen LogP contribution in [0.1, 0.15) is 11.4 Å². The molecule has 0 unspecified atom stereocenters. The molecule has 0 atom stereocenters. The second-order valence-corrected chi connectivity index (χ2v) is 3.59. The maximum Gasteiger partial charge on any atom is 0.400 e. The van der Waals surface area contributed by atoms with Crippen molar-refractivity contribution >= 4 is 13.3 Å². The van der Waals surface area contributed by atoms with E-state index in [1.54, 1.807) is 0 Å². The van der Waals surface area contributed by atoms with Crippen molar-refractivity contribution in [3.8, 4) is 12.3 Å². The molecule has 2 aromatic heterocycles. The number of fused-ring (bicyclic) bond motifs is 2. The van der Waals surface area contributed by atoms with E-state index in [1.807, 2.05) is 53.2 Å². The molecule has 1 radical (unpaired) electrons. The Morgan fingerprint density at radius 2 is 1.81 bits per heavy atom. The number of rotatable bonds is 1. The maximum atomic E-state index is 5.26. The molecule has 0 spiro atoms. The summed E-state index contributed by atoms with van der Waals surface area (Å²) in [5.41, 5.74) is 3.12. The molecule has 1 aliphatic rings. The van der Waals surface area contributed by atoms with E-state index in [1.165, 1.54) is 0 Å². The summed E-state index contributed by atoms with van der Waals surface area (Å²) in [6, 6.07) is 8.10. The third-order valence-electron chi connectivity index (χ3n) is 2.62. The Hall–Kier alpha value is -2.15.